The zero-order chi connectivity index (χ0) is 19.7. The molecule has 0 amide bonds. The molecule has 4 nitrogen and oxygen atoms in total. The standard InChI is InChI=1S/C22H34O4/c1-15(2)9-5-7-11-17-13-14-19(21(23)24)20(22(25)26)18(17)12-8-6-10-16(3)4/h13-16H,5-12H2,1-4H3,(H,23,24)(H,25,26)/p-2. The number of unbranched alkanes of at least 4 members (excludes halogenated alkanes) is 2. The van der Waals surface area contributed by atoms with E-state index in [0.717, 1.165) is 50.5 Å². The quantitative estimate of drug-likeness (QED) is 0.536. The van der Waals surface area contributed by atoms with Crippen LogP contribution in [0.5, 0.6) is 0 Å². The molecule has 0 unspecified atom stereocenters. The van der Waals surface area contributed by atoms with Crippen LogP contribution in [0.1, 0.15) is 98.1 Å². The topological polar surface area (TPSA) is 80.3 Å². The molecule has 0 spiro atoms. The molecule has 4 heteroatoms. The van der Waals surface area contributed by atoms with Crippen molar-refractivity contribution >= 4 is 11.9 Å². The number of carboxylic acid groups (broad SMARTS) is 2. The highest BCUT2D eigenvalue weighted by atomic mass is 16.4. The largest absolute Gasteiger partial charge is 0.545 e. The molecule has 0 bridgehead atoms. The van der Waals surface area contributed by atoms with Gasteiger partial charge in [0.1, 0.15) is 0 Å². The lowest BCUT2D eigenvalue weighted by Gasteiger charge is -2.20. The summed E-state index contributed by atoms with van der Waals surface area (Å²) in [7, 11) is 0. The van der Waals surface area contributed by atoms with Crippen LogP contribution >= 0.6 is 0 Å². The van der Waals surface area contributed by atoms with E-state index in [9.17, 15) is 19.8 Å². The zero-order valence-corrected chi connectivity index (χ0v) is 16.6. The van der Waals surface area contributed by atoms with Crippen LogP contribution in [0.3, 0.4) is 0 Å². The van der Waals surface area contributed by atoms with E-state index >= 15 is 0 Å². The Morgan fingerprint density at radius 2 is 1.35 bits per heavy atom. The van der Waals surface area contributed by atoms with Crippen molar-refractivity contribution in [2.75, 3.05) is 0 Å². The Kier molecular flexibility index (Phi) is 9.39. The molecule has 0 aromatic heterocycles. The highest BCUT2D eigenvalue weighted by Gasteiger charge is 2.15. The molecule has 0 aliphatic heterocycles. The highest BCUT2D eigenvalue weighted by Crippen LogP contribution is 2.24. The Hall–Kier alpha value is -1.84. The lowest BCUT2D eigenvalue weighted by Crippen LogP contribution is -2.31. The molecule has 0 saturated carbocycles. The van der Waals surface area contributed by atoms with Gasteiger partial charge in [0, 0.05) is 11.1 Å². The van der Waals surface area contributed by atoms with Gasteiger partial charge in [0.15, 0.2) is 0 Å². The Morgan fingerprint density at radius 1 is 0.808 bits per heavy atom. The maximum atomic E-state index is 11.7. The molecule has 0 atom stereocenters. The van der Waals surface area contributed by atoms with E-state index in [4.69, 9.17) is 0 Å². The van der Waals surface area contributed by atoms with Crippen molar-refractivity contribution in [3.05, 3.63) is 34.4 Å². The molecule has 0 N–H and O–H groups in total. The van der Waals surface area contributed by atoms with Crippen LogP contribution in [0.25, 0.3) is 0 Å². The van der Waals surface area contributed by atoms with Gasteiger partial charge in [-0.05, 0) is 48.6 Å². The maximum Gasteiger partial charge on any atom is 0.0724 e. The average molecular weight is 360 g/mol. The van der Waals surface area contributed by atoms with E-state index in [1.807, 2.05) is 0 Å². The SMILES string of the molecule is CC(C)CCCCc1ccc(C(=O)[O-])c(C(=O)[O-])c1CCCCC(C)C. The monoisotopic (exact) mass is 360 g/mol. The van der Waals surface area contributed by atoms with Crippen molar-refractivity contribution in [2.24, 2.45) is 11.8 Å². The second-order valence-corrected chi connectivity index (χ2v) is 7.98. The van der Waals surface area contributed by atoms with Crippen LogP contribution < -0.4 is 10.2 Å². The van der Waals surface area contributed by atoms with Crippen LogP contribution in [-0.4, -0.2) is 11.9 Å². The predicted molar refractivity (Wildman–Crippen MR) is 99.9 cm³/mol. The van der Waals surface area contributed by atoms with Crippen molar-refractivity contribution in [3.8, 4) is 0 Å². The molecule has 1 aromatic carbocycles. The molecule has 0 aliphatic rings. The number of hydrogen-bond acceptors (Lipinski definition) is 4. The lowest BCUT2D eigenvalue weighted by atomic mass is 9.89. The third kappa shape index (κ3) is 7.19. The first-order valence-electron chi connectivity index (χ1n) is 9.81. The fourth-order valence-electron chi connectivity index (χ4n) is 3.34. The van der Waals surface area contributed by atoms with Gasteiger partial charge in [0.25, 0.3) is 0 Å². The van der Waals surface area contributed by atoms with E-state index in [1.54, 1.807) is 6.07 Å². The van der Waals surface area contributed by atoms with Gasteiger partial charge in [-0.2, -0.15) is 0 Å². The molecular formula is C22H32O4-2. The van der Waals surface area contributed by atoms with Crippen LogP contribution in [0.15, 0.2) is 12.1 Å². The van der Waals surface area contributed by atoms with Crippen molar-refractivity contribution in [1.82, 2.24) is 0 Å². The molecule has 0 saturated heterocycles. The second-order valence-electron chi connectivity index (χ2n) is 7.98. The summed E-state index contributed by atoms with van der Waals surface area (Å²) in [5, 5.41) is 23.0. The summed E-state index contributed by atoms with van der Waals surface area (Å²) >= 11 is 0. The Labute approximate surface area is 157 Å². The van der Waals surface area contributed by atoms with Crippen LogP contribution in [-0.2, 0) is 12.8 Å². The first kappa shape index (κ1) is 22.2. The fourth-order valence-corrected chi connectivity index (χ4v) is 3.34. The van der Waals surface area contributed by atoms with Crippen LogP contribution in [0.2, 0.25) is 0 Å². The highest BCUT2D eigenvalue weighted by molar-refractivity contribution is 6.01. The number of carbonyl (C=O) groups is 2. The van der Waals surface area contributed by atoms with Gasteiger partial charge >= 0.3 is 0 Å². The number of carboxylic acids is 2. The smallest absolute Gasteiger partial charge is 0.0724 e. The van der Waals surface area contributed by atoms with E-state index in [-0.39, 0.29) is 11.1 Å². The van der Waals surface area contributed by atoms with Gasteiger partial charge in [-0.3, -0.25) is 0 Å². The molecule has 0 fully saturated rings. The summed E-state index contributed by atoms with van der Waals surface area (Å²) in [6.45, 7) is 8.68. The number of rotatable bonds is 12. The summed E-state index contributed by atoms with van der Waals surface area (Å²) in [6, 6.07) is 3.11. The lowest BCUT2D eigenvalue weighted by molar-refractivity contribution is -0.259. The third-order valence-electron chi connectivity index (χ3n) is 4.77. The van der Waals surface area contributed by atoms with Gasteiger partial charge in [0.2, 0.25) is 0 Å². The van der Waals surface area contributed by atoms with Gasteiger partial charge in [-0.25, -0.2) is 0 Å². The van der Waals surface area contributed by atoms with Crippen molar-refractivity contribution in [2.45, 2.75) is 79.1 Å². The molecule has 0 radical (unpaired) electrons. The Balaban J connectivity index is 3.03. The van der Waals surface area contributed by atoms with E-state index < -0.39 is 11.9 Å². The molecule has 0 aliphatic carbocycles. The predicted octanol–water partition coefficient (Wildman–Crippen LogP) is 3.15. The Bertz CT molecular complexity index is 602. The summed E-state index contributed by atoms with van der Waals surface area (Å²) in [4.78, 5) is 23.0. The fraction of sp³-hybridized carbons (Fsp3) is 0.636. The molecule has 26 heavy (non-hydrogen) atoms. The first-order valence-corrected chi connectivity index (χ1v) is 9.81. The normalized spacial score (nSPS) is 11.3. The van der Waals surface area contributed by atoms with Crippen LogP contribution in [0.4, 0.5) is 0 Å². The minimum atomic E-state index is -1.46. The minimum Gasteiger partial charge on any atom is -0.545 e. The second kappa shape index (κ2) is 11.0. The van der Waals surface area contributed by atoms with Gasteiger partial charge < -0.3 is 19.8 Å². The summed E-state index contributed by atoms with van der Waals surface area (Å²) in [6.07, 6.45) is 7.41. The van der Waals surface area contributed by atoms with E-state index in [0.29, 0.717) is 23.8 Å². The number of carbonyl (C=O) groups excluding carboxylic acids is 2. The first-order chi connectivity index (χ1) is 12.2. The number of benzene rings is 1. The van der Waals surface area contributed by atoms with Gasteiger partial charge in [0.05, 0.1) is 11.9 Å². The van der Waals surface area contributed by atoms with Crippen molar-refractivity contribution in [3.63, 3.8) is 0 Å². The van der Waals surface area contributed by atoms with E-state index in [1.165, 1.54) is 6.07 Å². The van der Waals surface area contributed by atoms with Crippen LogP contribution in [0, 0.1) is 11.8 Å². The molecule has 1 aromatic rings. The summed E-state index contributed by atoms with van der Waals surface area (Å²) < 4.78 is 0. The molecule has 146 valence electrons. The third-order valence-corrected chi connectivity index (χ3v) is 4.77. The molecule has 0 heterocycles. The Morgan fingerprint density at radius 3 is 1.81 bits per heavy atom. The minimum absolute atomic E-state index is 0.184. The van der Waals surface area contributed by atoms with Crippen molar-refractivity contribution in [1.29, 1.82) is 0 Å². The molecular weight excluding hydrogens is 328 g/mol. The summed E-state index contributed by atoms with van der Waals surface area (Å²) in [5.41, 5.74) is 1.10. The number of aromatic carboxylic acids is 2. The van der Waals surface area contributed by atoms with E-state index in [2.05, 4.69) is 27.7 Å². The summed E-state index contributed by atoms with van der Waals surface area (Å²) in [5.74, 6) is -1.64. The molecule has 1 rings (SSSR count). The number of aryl methyl sites for hydroxylation is 1. The van der Waals surface area contributed by atoms with Crippen molar-refractivity contribution < 1.29 is 19.8 Å². The van der Waals surface area contributed by atoms with Gasteiger partial charge in [-0.1, -0.05) is 65.5 Å². The number of hydrogen-bond donors (Lipinski definition) is 0. The maximum absolute atomic E-state index is 11.7. The zero-order valence-electron chi connectivity index (χ0n) is 16.6. The average Bonchev–Trinajstić information content (AvgIpc) is 2.54. The van der Waals surface area contributed by atoms with Gasteiger partial charge in [-0.15, -0.1) is 0 Å².